The highest BCUT2D eigenvalue weighted by Crippen LogP contribution is 2.27. The van der Waals surface area contributed by atoms with E-state index >= 15 is 0 Å². The van der Waals surface area contributed by atoms with Crippen LogP contribution < -0.4 is 17.0 Å². The number of nitrogens with one attached hydrogen (secondary N) is 2. The van der Waals surface area contributed by atoms with E-state index in [0.29, 0.717) is 18.4 Å². The lowest BCUT2D eigenvalue weighted by Crippen LogP contribution is -2.44. The van der Waals surface area contributed by atoms with Gasteiger partial charge in [-0.1, -0.05) is 20.8 Å². The van der Waals surface area contributed by atoms with Crippen LogP contribution in [0.15, 0.2) is 9.59 Å². The van der Waals surface area contributed by atoms with Gasteiger partial charge in [0.1, 0.15) is 11.4 Å². The minimum Gasteiger partial charge on any atom is -0.392 e. The van der Waals surface area contributed by atoms with Gasteiger partial charge in [0, 0.05) is 12.6 Å². The second-order valence-electron chi connectivity index (χ2n) is 6.48. The molecule has 0 saturated carbocycles. The van der Waals surface area contributed by atoms with Crippen LogP contribution in [0.1, 0.15) is 50.5 Å². The second-order valence-corrected chi connectivity index (χ2v) is 6.48. The largest absolute Gasteiger partial charge is 0.392 e. The van der Waals surface area contributed by atoms with Gasteiger partial charge in [0.05, 0.1) is 0 Å². The number of likely N-dealkylation sites (tertiary alicyclic amines) is 1. The molecule has 2 unspecified atom stereocenters. The summed E-state index contributed by atoms with van der Waals surface area (Å²) in [6.07, 6.45) is 2.88. The number of hydrogen-bond acceptors (Lipinski definition) is 4. The van der Waals surface area contributed by atoms with E-state index in [-0.39, 0.29) is 23.3 Å². The van der Waals surface area contributed by atoms with Gasteiger partial charge in [-0.25, -0.2) is 4.79 Å². The van der Waals surface area contributed by atoms with Crippen LogP contribution in [0.4, 0.5) is 5.69 Å². The van der Waals surface area contributed by atoms with Crippen molar-refractivity contribution in [2.24, 2.45) is 11.8 Å². The fourth-order valence-corrected chi connectivity index (χ4v) is 3.03. The van der Waals surface area contributed by atoms with Gasteiger partial charge in [0.2, 0.25) is 0 Å². The van der Waals surface area contributed by atoms with Crippen molar-refractivity contribution in [3.63, 3.8) is 0 Å². The lowest BCUT2D eigenvalue weighted by Gasteiger charge is -2.33. The molecule has 1 saturated heterocycles. The molecule has 2 atom stereocenters. The zero-order valence-electron chi connectivity index (χ0n) is 13.3. The predicted molar refractivity (Wildman–Crippen MR) is 84.8 cm³/mol. The van der Waals surface area contributed by atoms with Crippen LogP contribution >= 0.6 is 0 Å². The summed E-state index contributed by atoms with van der Waals surface area (Å²) < 4.78 is 0. The van der Waals surface area contributed by atoms with Crippen LogP contribution in [-0.4, -0.2) is 33.4 Å². The van der Waals surface area contributed by atoms with Gasteiger partial charge < -0.3 is 15.6 Å². The van der Waals surface area contributed by atoms with Crippen LogP contribution in [0.5, 0.6) is 0 Å². The first-order chi connectivity index (χ1) is 10.3. The highest BCUT2D eigenvalue weighted by molar-refractivity contribution is 5.97. The zero-order chi connectivity index (χ0) is 16.4. The van der Waals surface area contributed by atoms with Gasteiger partial charge in [-0.2, -0.15) is 0 Å². The van der Waals surface area contributed by atoms with Crippen molar-refractivity contribution in [1.82, 2.24) is 14.9 Å². The Morgan fingerprint density at radius 2 is 1.91 bits per heavy atom. The van der Waals surface area contributed by atoms with Gasteiger partial charge in [-0.3, -0.25) is 14.6 Å². The summed E-state index contributed by atoms with van der Waals surface area (Å²) in [5, 5.41) is 0. The molecule has 2 rings (SSSR count). The maximum atomic E-state index is 12.8. The Hall–Kier alpha value is -2.05. The van der Waals surface area contributed by atoms with Crippen molar-refractivity contribution in [2.75, 3.05) is 12.3 Å². The number of rotatable bonds is 2. The molecule has 2 heterocycles. The molecule has 0 bridgehead atoms. The molecule has 0 aromatic carbocycles. The number of anilines is 1. The maximum absolute atomic E-state index is 12.8. The van der Waals surface area contributed by atoms with Gasteiger partial charge in [0.15, 0.2) is 0 Å². The number of amides is 1. The van der Waals surface area contributed by atoms with Crippen molar-refractivity contribution in [3.8, 4) is 0 Å². The van der Waals surface area contributed by atoms with Gasteiger partial charge in [0.25, 0.3) is 11.5 Å². The first-order valence-electron chi connectivity index (χ1n) is 7.74. The van der Waals surface area contributed by atoms with E-state index in [9.17, 15) is 14.4 Å². The van der Waals surface area contributed by atoms with Crippen molar-refractivity contribution >= 4 is 11.6 Å². The Balaban J connectivity index is 2.41. The summed E-state index contributed by atoms with van der Waals surface area (Å²) in [7, 11) is 0. The predicted octanol–water partition coefficient (Wildman–Crippen LogP) is 0.932. The van der Waals surface area contributed by atoms with Crippen molar-refractivity contribution < 1.29 is 4.79 Å². The molecule has 0 radical (unpaired) electrons. The summed E-state index contributed by atoms with van der Waals surface area (Å²) in [6.45, 7) is 6.93. The Morgan fingerprint density at radius 1 is 1.23 bits per heavy atom. The molecule has 4 N–H and O–H groups in total. The number of nitrogens with two attached hydrogens (primary N) is 1. The highest BCUT2D eigenvalue weighted by atomic mass is 16.2. The van der Waals surface area contributed by atoms with Crippen molar-refractivity contribution in [1.29, 1.82) is 0 Å². The summed E-state index contributed by atoms with van der Waals surface area (Å²) in [4.78, 5) is 42.0. The molecule has 22 heavy (non-hydrogen) atoms. The number of nitrogens with zero attached hydrogens (tertiary/aromatic N) is 1. The van der Waals surface area contributed by atoms with E-state index in [0.717, 1.165) is 19.3 Å². The number of carbonyl (C=O) groups is 1. The smallest absolute Gasteiger partial charge is 0.326 e. The topological polar surface area (TPSA) is 112 Å². The zero-order valence-corrected chi connectivity index (χ0v) is 13.3. The van der Waals surface area contributed by atoms with E-state index in [1.807, 2.05) is 4.98 Å². The number of aromatic amines is 2. The van der Waals surface area contributed by atoms with Crippen molar-refractivity contribution in [2.45, 2.75) is 46.1 Å². The molecule has 1 amide bonds. The quantitative estimate of drug-likeness (QED) is 0.754. The average Bonchev–Trinajstić information content (AvgIpc) is 2.64. The van der Waals surface area contributed by atoms with Gasteiger partial charge >= 0.3 is 5.69 Å². The van der Waals surface area contributed by atoms with Crippen LogP contribution in [0.2, 0.25) is 0 Å². The third-order valence-corrected chi connectivity index (χ3v) is 4.44. The van der Waals surface area contributed by atoms with Gasteiger partial charge in [-0.05, 0) is 31.1 Å². The summed E-state index contributed by atoms with van der Waals surface area (Å²) in [5.74, 6) is 0.479. The maximum Gasteiger partial charge on any atom is 0.326 e. The van der Waals surface area contributed by atoms with Crippen LogP contribution in [0.25, 0.3) is 0 Å². The monoisotopic (exact) mass is 308 g/mol. The molecular weight excluding hydrogens is 284 g/mol. The lowest BCUT2D eigenvalue weighted by atomic mass is 9.95. The van der Waals surface area contributed by atoms with Crippen molar-refractivity contribution in [3.05, 3.63) is 26.5 Å². The summed E-state index contributed by atoms with van der Waals surface area (Å²) >= 11 is 0. The Kier molecular flexibility index (Phi) is 4.73. The average molecular weight is 308 g/mol. The number of aromatic nitrogens is 2. The molecule has 7 nitrogen and oxygen atoms in total. The number of nitrogen functional groups attached to an aromatic ring is 1. The molecule has 122 valence electrons. The highest BCUT2D eigenvalue weighted by Gasteiger charge is 2.31. The number of carbonyl (C=O) groups excluding carboxylic acids is 1. The molecule has 0 aliphatic carbocycles. The minimum atomic E-state index is -0.726. The molecule has 1 aromatic heterocycles. The first kappa shape index (κ1) is 16.3. The molecular formula is C15H24N4O3. The molecule has 1 aliphatic rings. The Bertz CT molecular complexity index is 661. The first-order valence-corrected chi connectivity index (χ1v) is 7.74. The number of hydrogen-bond donors (Lipinski definition) is 3. The van der Waals surface area contributed by atoms with E-state index in [1.165, 1.54) is 0 Å². The summed E-state index contributed by atoms with van der Waals surface area (Å²) in [6, 6.07) is 0.0830. The third kappa shape index (κ3) is 3.23. The van der Waals surface area contributed by atoms with E-state index in [2.05, 4.69) is 25.8 Å². The Labute approximate surface area is 128 Å². The molecule has 0 spiro atoms. The van der Waals surface area contributed by atoms with E-state index in [1.54, 1.807) is 4.90 Å². The fraction of sp³-hybridized carbons (Fsp3) is 0.667. The van der Waals surface area contributed by atoms with Crippen LogP contribution in [-0.2, 0) is 0 Å². The number of H-pyrrole nitrogens is 2. The third-order valence-electron chi connectivity index (χ3n) is 4.44. The lowest BCUT2D eigenvalue weighted by molar-refractivity contribution is 0.0625. The molecule has 1 aliphatic heterocycles. The summed E-state index contributed by atoms with van der Waals surface area (Å²) in [5.41, 5.74) is 3.91. The van der Waals surface area contributed by atoms with Crippen LogP contribution in [0, 0.1) is 11.8 Å². The molecule has 7 heteroatoms. The fourth-order valence-electron chi connectivity index (χ4n) is 3.03. The van der Waals surface area contributed by atoms with Crippen LogP contribution in [0.3, 0.4) is 0 Å². The van der Waals surface area contributed by atoms with E-state index < -0.39 is 11.2 Å². The minimum absolute atomic E-state index is 0.0830. The standard InChI is InChI=1S/C15H24N4O3/c1-8(2)10-5-4-9(3)6-7-19(10)14(21)12-11(16)13(20)18-15(22)17-12/h8-10H,4-7,16H2,1-3H3,(H2,17,18,20,22). The normalized spacial score (nSPS) is 22.6. The molecule has 1 aromatic rings. The van der Waals surface area contributed by atoms with E-state index in [4.69, 9.17) is 5.73 Å². The second kappa shape index (κ2) is 6.37. The molecule has 1 fully saturated rings. The Morgan fingerprint density at radius 3 is 2.55 bits per heavy atom. The SMILES string of the molecule is CC1CCC(C(C)C)N(C(=O)c2[nH]c(=O)[nH]c(=O)c2N)CC1. The van der Waals surface area contributed by atoms with Gasteiger partial charge in [-0.15, -0.1) is 0 Å².